The minimum atomic E-state index is -0.279. The van der Waals surface area contributed by atoms with Crippen molar-refractivity contribution in [2.75, 3.05) is 49.2 Å². The molecule has 33 heavy (non-hydrogen) atoms. The van der Waals surface area contributed by atoms with Crippen molar-refractivity contribution in [3.05, 3.63) is 48.0 Å². The maximum atomic E-state index is 13.8. The monoisotopic (exact) mass is 471 g/mol. The highest BCUT2D eigenvalue weighted by Gasteiger charge is 2.25. The molecule has 0 bridgehead atoms. The van der Waals surface area contributed by atoms with Gasteiger partial charge in [0, 0.05) is 56.6 Å². The molecule has 0 radical (unpaired) electrons. The zero-order valence-electron chi connectivity index (χ0n) is 18.5. The summed E-state index contributed by atoms with van der Waals surface area (Å²) in [6, 6.07) is 8.57. The molecular weight excluding hydrogens is 445 g/mol. The fourth-order valence-electron chi connectivity index (χ4n) is 5.03. The zero-order chi connectivity index (χ0) is 21.7. The highest BCUT2D eigenvalue weighted by atomic mass is 35.5. The van der Waals surface area contributed by atoms with E-state index in [1.165, 1.54) is 11.8 Å². The van der Waals surface area contributed by atoms with E-state index in [0.717, 1.165) is 66.8 Å². The van der Waals surface area contributed by atoms with E-state index in [2.05, 4.69) is 38.1 Å². The SMILES string of the molecule is Cl.Cn1cc(C2CCN(c3ccc4nc(N5CCOCC5)oc4c3)CC2)c2cc(F)cnc21. The molecule has 0 unspecified atom stereocenters. The Labute approximate surface area is 197 Å². The molecule has 2 aliphatic rings. The van der Waals surface area contributed by atoms with Crippen LogP contribution in [0.1, 0.15) is 24.3 Å². The van der Waals surface area contributed by atoms with Crippen LogP contribution in [0.5, 0.6) is 0 Å². The lowest BCUT2D eigenvalue weighted by Gasteiger charge is -2.33. The van der Waals surface area contributed by atoms with Crippen molar-refractivity contribution in [1.29, 1.82) is 0 Å². The summed E-state index contributed by atoms with van der Waals surface area (Å²) in [6.45, 7) is 4.91. The Hall–Kier alpha value is -2.84. The fourth-order valence-corrected chi connectivity index (χ4v) is 5.03. The standard InChI is InChI=1S/C24H26FN5O2.ClH/c1-28-15-20(19-12-17(25)14-26-23(19)28)16-4-6-29(7-5-16)18-2-3-21-22(13-18)32-24(27-21)30-8-10-31-11-9-30;/h2-3,12-16H,4-11H2,1H3;1H. The molecule has 0 atom stereocenters. The molecule has 2 fully saturated rings. The molecular formula is C24H27ClFN5O2. The predicted molar refractivity (Wildman–Crippen MR) is 129 cm³/mol. The van der Waals surface area contributed by atoms with Gasteiger partial charge in [-0.05, 0) is 42.5 Å². The van der Waals surface area contributed by atoms with Crippen molar-refractivity contribution in [3.8, 4) is 0 Å². The third-order valence-corrected chi connectivity index (χ3v) is 6.75. The van der Waals surface area contributed by atoms with Crippen LogP contribution in [-0.4, -0.2) is 53.9 Å². The van der Waals surface area contributed by atoms with Gasteiger partial charge < -0.3 is 23.5 Å². The van der Waals surface area contributed by atoms with Crippen LogP contribution < -0.4 is 9.80 Å². The average molecular weight is 472 g/mol. The molecule has 9 heteroatoms. The number of nitrogens with zero attached hydrogens (tertiary/aromatic N) is 5. The smallest absolute Gasteiger partial charge is 0.298 e. The third kappa shape index (κ3) is 4.02. The van der Waals surface area contributed by atoms with Gasteiger partial charge in [0.05, 0.1) is 19.4 Å². The van der Waals surface area contributed by atoms with Crippen molar-refractivity contribution >= 4 is 46.2 Å². The summed E-state index contributed by atoms with van der Waals surface area (Å²) < 4.78 is 27.3. The number of anilines is 2. The van der Waals surface area contributed by atoms with E-state index in [0.29, 0.717) is 25.1 Å². The first-order valence-corrected chi connectivity index (χ1v) is 11.2. The van der Waals surface area contributed by atoms with E-state index in [4.69, 9.17) is 9.15 Å². The Morgan fingerprint density at radius 3 is 2.61 bits per heavy atom. The normalized spacial score (nSPS) is 17.6. The first kappa shape index (κ1) is 22.0. The second-order valence-corrected chi connectivity index (χ2v) is 8.73. The van der Waals surface area contributed by atoms with Crippen LogP contribution in [0.3, 0.4) is 0 Å². The average Bonchev–Trinajstić information content (AvgIpc) is 3.40. The summed E-state index contributed by atoms with van der Waals surface area (Å²) in [4.78, 5) is 13.5. The van der Waals surface area contributed by atoms with E-state index < -0.39 is 0 Å². The van der Waals surface area contributed by atoms with Gasteiger partial charge in [-0.25, -0.2) is 9.37 Å². The number of hydrogen-bond acceptors (Lipinski definition) is 6. The molecule has 6 rings (SSSR count). The number of rotatable bonds is 3. The van der Waals surface area contributed by atoms with Crippen LogP contribution in [0.25, 0.3) is 22.1 Å². The van der Waals surface area contributed by atoms with Gasteiger partial charge in [-0.15, -0.1) is 12.4 Å². The molecule has 0 aliphatic carbocycles. The zero-order valence-corrected chi connectivity index (χ0v) is 19.4. The number of aromatic nitrogens is 3. The quantitative estimate of drug-likeness (QED) is 0.438. The fraction of sp³-hybridized carbons (Fsp3) is 0.417. The maximum Gasteiger partial charge on any atom is 0.298 e. The summed E-state index contributed by atoms with van der Waals surface area (Å²) in [5.41, 5.74) is 4.91. The Kier molecular flexibility index (Phi) is 5.88. The summed E-state index contributed by atoms with van der Waals surface area (Å²) in [5, 5.41) is 0.935. The number of benzene rings is 1. The van der Waals surface area contributed by atoms with Gasteiger partial charge in [0.15, 0.2) is 5.58 Å². The molecule has 3 aromatic heterocycles. The van der Waals surface area contributed by atoms with Crippen LogP contribution in [0.4, 0.5) is 16.1 Å². The van der Waals surface area contributed by atoms with Gasteiger partial charge in [-0.2, -0.15) is 4.98 Å². The Morgan fingerprint density at radius 1 is 1.03 bits per heavy atom. The van der Waals surface area contributed by atoms with Crippen molar-refractivity contribution in [2.24, 2.45) is 7.05 Å². The number of morpholine rings is 1. The van der Waals surface area contributed by atoms with Crippen LogP contribution in [0, 0.1) is 5.82 Å². The molecule has 7 nitrogen and oxygen atoms in total. The molecule has 4 aromatic rings. The lowest BCUT2D eigenvalue weighted by molar-refractivity contribution is 0.120. The van der Waals surface area contributed by atoms with Crippen LogP contribution in [-0.2, 0) is 11.8 Å². The highest BCUT2D eigenvalue weighted by Crippen LogP contribution is 2.36. The van der Waals surface area contributed by atoms with Gasteiger partial charge in [-0.1, -0.05) is 0 Å². The van der Waals surface area contributed by atoms with Crippen molar-refractivity contribution < 1.29 is 13.5 Å². The molecule has 1 aromatic carbocycles. The molecule has 174 valence electrons. The lowest BCUT2D eigenvalue weighted by Crippen LogP contribution is -2.36. The third-order valence-electron chi connectivity index (χ3n) is 6.75. The summed E-state index contributed by atoms with van der Waals surface area (Å²) in [7, 11) is 1.98. The van der Waals surface area contributed by atoms with Gasteiger partial charge in [0.2, 0.25) is 0 Å². The number of piperidine rings is 1. The number of hydrogen-bond donors (Lipinski definition) is 0. The number of ether oxygens (including phenoxy) is 1. The molecule has 0 saturated carbocycles. The number of halogens is 2. The van der Waals surface area contributed by atoms with Gasteiger partial charge >= 0.3 is 0 Å². The maximum absolute atomic E-state index is 13.8. The minimum absolute atomic E-state index is 0. The second-order valence-electron chi connectivity index (χ2n) is 8.73. The highest BCUT2D eigenvalue weighted by molar-refractivity contribution is 5.85. The Bertz CT molecular complexity index is 1270. The minimum Gasteiger partial charge on any atom is -0.423 e. The second kappa shape index (κ2) is 8.83. The molecule has 5 heterocycles. The van der Waals surface area contributed by atoms with E-state index in [1.807, 2.05) is 17.7 Å². The summed E-state index contributed by atoms with van der Waals surface area (Å²) >= 11 is 0. The molecule has 0 amide bonds. The van der Waals surface area contributed by atoms with Crippen LogP contribution in [0.15, 0.2) is 41.1 Å². The topological polar surface area (TPSA) is 59.6 Å². The van der Waals surface area contributed by atoms with Crippen LogP contribution in [0.2, 0.25) is 0 Å². The Morgan fingerprint density at radius 2 is 1.82 bits per heavy atom. The number of aryl methyl sites for hydroxylation is 1. The predicted octanol–water partition coefficient (Wildman–Crippen LogP) is 4.50. The molecule has 0 spiro atoms. The first-order chi connectivity index (χ1) is 15.7. The number of pyridine rings is 1. The van der Waals surface area contributed by atoms with E-state index >= 15 is 0 Å². The van der Waals surface area contributed by atoms with Crippen molar-refractivity contribution in [2.45, 2.75) is 18.8 Å². The van der Waals surface area contributed by atoms with E-state index in [9.17, 15) is 4.39 Å². The number of fused-ring (bicyclic) bond motifs is 2. The van der Waals surface area contributed by atoms with Crippen molar-refractivity contribution in [1.82, 2.24) is 14.5 Å². The van der Waals surface area contributed by atoms with Gasteiger partial charge in [0.25, 0.3) is 6.01 Å². The molecule has 0 N–H and O–H groups in total. The Balaban J connectivity index is 0.00000228. The van der Waals surface area contributed by atoms with Crippen LogP contribution >= 0.6 is 12.4 Å². The summed E-state index contributed by atoms with van der Waals surface area (Å²) in [5.74, 6) is 0.125. The first-order valence-electron chi connectivity index (χ1n) is 11.2. The van der Waals surface area contributed by atoms with E-state index in [1.54, 1.807) is 6.07 Å². The van der Waals surface area contributed by atoms with Crippen molar-refractivity contribution in [3.63, 3.8) is 0 Å². The number of oxazole rings is 1. The summed E-state index contributed by atoms with van der Waals surface area (Å²) in [6.07, 6.45) is 5.44. The lowest BCUT2D eigenvalue weighted by atomic mass is 9.89. The van der Waals surface area contributed by atoms with Gasteiger partial charge in [0.1, 0.15) is 17.0 Å². The molecule has 2 aliphatic heterocycles. The van der Waals surface area contributed by atoms with E-state index in [-0.39, 0.29) is 18.2 Å². The van der Waals surface area contributed by atoms with Gasteiger partial charge in [-0.3, -0.25) is 0 Å². The largest absolute Gasteiger partial charge is 0.423 e. The molecule has 2 saturated heterocycles.